The number of anilines is 2. The highest BCUT2D eigenvalue weighted by Crippen LogP contribution is 2.27. The number of nitrogens with two attached hydrogens (primary N) is 1. The lowest BCUT2D eigenvalue weighted by molar-refractivity contribution is -0.116. The molecule has 0 atom stereocenters. The lowest BCUT2D eigenvalue weighted by atomic mass is 10.2. The standard InChI is InChI=1S/C10H12N2O3S/c1-7-2-3-8(6-9(7)11)12-10(13)4-5-16(12,14)15/h2-3,6H,4-5,11H2,1H3. The Morgan fingerprint density at radius 2 is 2.06 bits per heavy atom. The lowest BCUT2D eigenvalue weighted by Gasteiger charge is -2.15. The zero-order valence-electron chi connectivity index (χ0n) is 8.80. The van der Waals surface area contributed by atoms with Crippen LogP contribution in [-0.4, -0.2) is 20.1 Å². The molecule has 0 radical (unpaired) electrons. The van der Waals surface area contributed by atoms with Crippen molar-refractivity contribution >= 4 is 27.3 Å². The van der Waals surface area contributed by atoms with E-state index in [2.05, 4.69) is 0 Å². The minimum atomic E-state index is -3.49. The Balaban J connectivity index is 2.52. The molecule has 0 bridgehead atoms. The fourth-order valence-electron chi connectivity index (χ4n) is 1.62. The zero-order chi connectivity index (χ0) is 11.9. The van der Waals surface area contributed by atoms with Crippen molar-refractivity contribution in [3.05, 3.63) is 23.8 Å². The molecule has 86 valence electrons. The predicted octanol–water partition coefficient (Wildman–Crippen LogP) is 0.644. The number of aryl methyl sites for hydroxylation is 1. The van der Waals surface area contributed by atoms with Crippen LogP contribution in [0.15, 0.2) is 18.2 Å². The highest BCUT2D eigenvalue weighted by molar-refractivity contribution is 7.94. The summed E-state index contributed by atoms with van der Waals surface area (Å²) in [6.45, 7) is 1.82. The second-order valence-corrected chi connectivity index (χ2v) is 5.70. The fourth-order valence-corrected chi connectivity index (χ4v) is 3.07. The molecule has 0 saturated carbocycles. The Bertz CT molecular complexity index is 551. The van der Waals surface area contributed by atoms with E-state index in [1.54, 1.807) is 12.1 Å². The monoisotopic (exact) mass is 240 g/mol. The van der Waals surface area contributed by atoms with E-state index in [0.717, 1.165) is 9.87 Å². The first-order valence-electron chi connectivity index (χ1n) is 4.84. The normalized spacial score (nSPS) is 19.1. The van der Waals surface area contributed by atoms with Crippen molar-refractivity contribution in [3.63, 3.8) is 0 Å². The summed E-state index contributed by atoms with van der Waals surface area (Å²) in [5.41, 5.74) is 7.35. The van der Waals surface area contributed by atoms with Crippen LogP contribution in [0.5, 0.6) is 0 Å². The molecule has 1 aromatic carbocycles. The molecule has 16 heavy (non-hydrogen) atoms. The molecule has 0 spiro atoms. The maximum absolute atomic E-state index is 11.6. The van der Waals surface area contributed by atoms with Crippen LogP contribution >= 0.6 is 0 Å². The summed E-state index contributed by atoms with van der Waals surface area (Å²) >= 11 is 0. The number of sulfonamides is 1. The van der Waals surface area contributed by atoms with Gasteiger partial charge in [-0.25, -0.2) is 12.7 Å². The molecule has 2 rings (SSSR count). The Kier molecular flexibility index (Phi) is 2.38. The average molecular weight is 240 g/mol. The number of nitrogens with zero attached hydrogens (tertiary/aromatic N) is 1. The molecule has 1 aliphatic rings. The van der Waals surface area contributed by atoms with Gasteiger partial charge in [-0.2, -0.15) is 0 Å². The van der Waals surface area contributed by atoms with Crippen LogP contribution in [0.25, 0.3) is 0 Å². The van der Waals surface area contributed by atoms with E-state index >= 15 is 0 Å². The van der Waals surface area contributed by atoms with Crippen LogP contribution in [0.2, 0.25) is 0 Å². The van der Waals surface area contributed by atoms with Gasteiger partial charge in [0.2, 0.25) is 15.9 Å². The van der Waals surface area contributed by atoms with E-state index in [4.69, 9.17) is 5.73 Å². The SMILES string of the molecule is Cc1ccc(N2C(=O)CCS2(=O)=O)cc1N. The lowest BCUT2D eigenvalue weighted by Crippen LogP contribution is -2.29. The largest absolute Gasteiger partial charge is 0.398 e. The second-order valence-electron chi connectivity index (χ2n) is 3.77. The smallest absolute Gasteiger partial charge is 0.242 e. The molecule has 1 amide bonds. The van der Waals surface area contributed by atoms with Gasteiger partial charge >= 0.3 is 0 Å². The third kappa shape index (κ3) is 1.65. The average Bonchev–Trinajstić information content (AvgIpc) is 2.46. The van der Waals surface area contributed by atoms with Crippen molar-refractivity contribution in [2.45, 2.75) is 13.3 Å². The van der Waals surface area contributed by atoms with Crippen LogP contribution in [0.1, 0.15) is 12.0 Å². The van der Waals surface area contributed by atoms with E-state index in [1.165, 1.54) is 6.07 Å². The van der Waals surface area contributed by atoms with Crippen LogP contribution in [0.3, 0.4) is 0 Å². The number of hydrogen-bond donors (Lipinski definition) is 1. The first-order chi connectivity index (χ1) is 7.42. The number of benzene rings is 1. The molecule has 5 nitrogen and oxygen atoms in total. The molecular formula is C10H12N2O3S. The van der Waals surface area contributed by atoms with Crippen molar-refractivity contribution in [1.82, 2.24) is 0 Å². The number of hydrogen-bond acceptors (Lipinski definition) is 4. The minimum absolute atomic E-state index is 0.0378. The molecule has 1 aromatic rings. The van der Waals surface area contributed by atoms with E-state index in [9.17, 15) is 13.2 Å². The molecule has 0 aliphatic carbocycles. The molecule has 1 aliphatic heterocycles. The first kappa shape index (κ1) is 10.9. The number of carbonyl (C=O) groups excluding carboxylic acids is 1. The molecule has 2 N–H and O–H groups in total. The van der Waals surface area contributed by atoms with Crippen LogP contribution in [0.4, 0.5) is 11.4 Å². The Morgan fingerprint density at radius 1 is 1.38 bits per heavy atom. The van der Waals surface area contributed by atoms with Gasteiger partial charge in [-0.3, -0.25) is 4.79 Å². The Hall–Kier alpha value is -1.56. The third-order valence-electron chi connectivity index (χ3n) is 2.58. The maximum Gasteiger partial charge on any atom is 0.242 e. The highest BCUT2D eigenvalue weighted by atomic mass is 32.2. The van der Waals surface area contributed by atoms with Crippen molar-refractivity contribution in [2.75, 3.05) is 15.8 Å². The van der Waals surface area contributed by atoms with E-state index in [1.807, 2.05) is 6.92 Å². The summed E-state index contributed by atoms with van der Waals surface area (Å²) < 4.78 is 24.1. The van der Waals surface area contributed by atoms with E-state index < -0.39 is 15.9 Å². The summed E-state index contributed by atoms with van der Waals surface area (Å²) in [6.07, 6.45) is 0.0378. The maximum atomic E-state index is 11.6. The van der Waals surface area contributed by atoms with Gasteiger partial charge in [0.05, 0.1) is 11.4 Å². The summed E-state index contributed by atoms with van der Waals surface area (Å²) in [4.78, 5) is 11.5. The fraction of sp³-hybridized carbons (Fsp3) is 0.300. The second kappa shape index (κ2) is 3.48. The van der Waals surface area contributed by atoms with Crippen LogP contribution in [0, 0.1) is 6.92 Å². The van der Waals surface area contributed by atoms with Crippen molar-refractivity contribution in [2.24, 2.45) is 0 Å². The van der Waals surface area contributed by atoms with Crippen LogP contribution < -0.4 is 10.0 Å². The summed E-state index contributed by atoms with van der Waals surface area (Å²) in [6, 6.07) is 4.80. The van der Waals surface area contributed by atoms with Gasteiger partial charge in [0.1, 0.15) is 0 Å². The topological polar surface area (TPSA) is 80.5 Å². The zero-order valence-corrected chi connectivity index (χ0v) is 9.62. The number of nitrogen functional groups attached to an aromatic ring is 1. The van der Waals surface area contributed by atoms with Gasteiger partial charge in [0, 0.05) is 12.1 Å². The van der Waals surface area contributed by atoms with Gasteiger partial charge in [-0.05, 0) is 24.6 Å². The Morgan fingerprint density at radius 3 is 2.56 bits per heavy atom. The summed E-state index contributed by atoms with van der Waals surface area (Å²) in [5, 5.41) is 0. The van der Waals surface area contributed by atoms with E-state index in [-0.39, 0.29) is 12.2 Å². The predicted molar refractivity (Wildman–Crippen MR) is 61.5 cm³/mol. The Labute approximate surface area is 93.9 Å². The third-order valence-corrected chi connectivity index (χ3v) is 4.27. The summed E-state index contributed by atoms with van der Waals surface area (Å²) in [5.74, 6) is -0.525. The van der Waals surface area contributed by atoms with Gasteiger partial charge < -0.3 is 5.73 Å². The molecule has 0 unspecified atom stereocenters. The first-order valence-corrected chi connectivity index (χ1v) is 6.45. The number of rotatable bonds is 1. The van der Waals surface area contributed by atoms with Gasteiger partial charge in [0.15, 0.2) is 0 Å². The highest BCUT2D eigenvalue weighted by Gasteiger charge is 2.36. The van der Waals surface area contributed by atoms with Crippen LogP contribution in [-0.2, 0) is 14.8 Å². The minimum Gasteiger partial charge on any atom is -0.398 e. The van der Waals surface area contributed by atoms with E-state index in [0.29, 0.717) is 11.4 Å². The van der Waals surface area contributed by atoms with Gasteiger partial charge in [-0.15, -0.1) is 0 Å². The number of carbonyl (C=O) groups is 1. The van der Waals surface area contributed by atoms with Gasteiger partial charge in [-0.1, -0.05) is 6.07 Å². The quantitative estimate of drug-likeness (QED) is 0.730. The van der Waals surface area contributed by atoms with Crippen molar-refractivity contribution in [1.29, 1.82) is 0 Å². The molecular weight excluding hydrogens is 228 g/mol. The molecule has 6 heteroatoms. The molecule has 0 aromatic heterocycles. The van der Waals surface area contributed by atoms with Crippen molar-refractivity contribution < 1.29 is 13.2 Å². The number of amides is 1. The van der Waals surface area contributed by atoms with Crippen molar-refractivity contribution in [3.8, 4) is 0 Å². The molecule has 1 fully saturated rings. The summed E-state index contributed by atoms with van der Waals surface area (Å²) in [7, 11) is -3.49. The molecule has 1 saturated heterocycles. The van der Waals surface area contributed by atoms with Gasteiger partial charge in [0.25, 0.3) is 0 Å². The molecule has 1 heterocycles.